The van der Waals surface area contributed by atoms with Gasteiger partial charge in [-0.1, -0.05) is 17.3 Å². The van der Waals surface area contributed by atoms with Gasteiger partial charge < -0.3 is 10.3 Å². The summed E-state index contributed by atoms with van der Waals surface area (Å²) in [4.78, 5) is 8.74. The van der Waals surface area contributed by atoms with E-state index >= 15 is 0 Å². The fourth-order valence-electron chi connectivity index (χ4n) is 2.44. The lowest BCUT2D eigenvalue weighted by atomic mass is 9.77. The summed E-state index contributed by atoms with van der Waals surface area (Å²) in [5.74, 6) is 0.546. The highest BCUT2D eigenvalue weighted by molar-refractivity contribution is 7.13. The van der Waals surface area contributed by atoms with Crippen LogP contribution in [-0.2, 0) is 5.54 Å². The summed E-state index contributed by atoms with van der Waals surface area (Å²) in [6, 6.07) is 6.53. The largest absolute Gasteiger partial charge is 0.332 e. The van der Waals surface area contributed by atoms with E-state index in [2.05, 4.69) is 15.1 Å². The number of thiazole rings is 1. The van der Waals surface area contributed by atoms with Gasteiger partial charge in [-0.3, -0.25) is 0 Å². The molecule has 1 aliphatic carbocycles. The molecular formula is C15H14ClFN4OS. The molecule has 1 aromatic carbocycles. The van der Waals surface area contributed by atoms with Crippen LogP contribution in [0, 0.1) is 5.82 Å². The van der Waals surface area contributed by atoms with Gasteiger partial charge in [-0.2, -0.15) is 4.98 Å². The van der Waals surface area contributed by atoms with Crippen LogP contribution in [0.5, 0.6) is 0 Å². The molecular weight excluding hydrogens is 339 g/mol. The van der Waals surface area contributed by atoms with Gasteiger partial charge in [0, 0.05) is 10.9 Å². The highest BCUT2D eigenvalue weighted by Gasteiger charge is 2.39. The van der Waals surface area contributed by atoms with Crippen molar-refractivity contribution in [2.45, 2.75) is 24.8 Å². The molecule has 5 nitrogen and oxygen atoms in total. The maximum atomic E-state index is 13.8. The van der Waals surface area contributed by atoms with Gasteiger partial charge in [0.25, 0.3) is 5.89 Å². The van der Waals surface area contributed by atoms with Crippen LogP contribution in [0.2, 0.25) is 0 Å². The molecule has 8 heteroatoms. The van der Waals surface area contributed by atoms with Crippen LogP contribution in [0.3, 0.4) is 0 Å². The first-order valence-electron chi connectivity index (χ1n) is 7.00. The van der Waals surface area contributed by atoms with Crippen molar-refractivity contribution in [3.63, 3.8) is 0 Å². The van der Waals surface area contributed by atoms with Crippen molar-refractivity contribution in [1.29, 1.82) is 0 Å². The van der Waals surface area contributed by atoms with Crippen LogP contribution in [0.1, 0.15) is 25.1 Å². The zero-order chi connectivity index (χ0) is 15.2. The topological polar surface area (TPSA) is 77.8 Å². The van der Waals surface area contributed by atoms with Crippen LogP contribution in [0.4, 0.5) is 4.39 Å². The average molecular weight is 353 g/mol. The van der Waals surface area contributed by atoms with Crippen molar-refractivity contribution in [1.82, 2.24) is 15.1 Å². The molecule has 2 heterocycles. The number of hydrogen-bond donors (Lipinski definition) is 1. The minimum atomic E-state index is -0.466. The molecule has 0 unspecified atom stereocenters. The molecule has 3 aromatic rings. The number of nitrogens with two attached hydrogens (primary N) is 1. The van der Waals surface area contributed by atoms with E-state index in [0.29, 0.717) is 28.0 Å². The Morgan fingerprint density at radius 3 is 2.70 bits per heavy atom. The van der Waals surface area contributed by atoms with Crippen LogP contribution < -0.4 is 5.73 Å². The van der Waals surface area contributed by atoms with Gasteiger partial charge >= 0.3 is 0 Å². The monoisotopic (exact) mass is 352 g/mol. The van der Waals surface area contributed by atoms with Crippen molar-refractivity contribution in [3.05, 3.63) is 41.3 Å². The number of hydrogen-bond acceptors (Lipinski definition) is 6. The van der Waals surface area contributed by atoms with E-state index in [1.807, 2.05) is 0 Å². The van der Waals surface area contributed by atoms with Crippen molar-refractivity contribution in [2.24, 2.45) is 5.73 Å². The molecule has 2 N–H and O–H groups in total. The summed E-state index contributed by atoms with van der Waals surface area (Å²) in [5, 5.41) is 6.33. The Balaban J connectivity index is 0.00000156. The molecule has 0 aliphatic heterocycles. The second kappa shape index (κ2) is 5.99. The zero-order valence-electron chi connectivity index (χ0n) is 12.0. The Labute approximate surface area is 142 Å². The standard InChI is InChI=1S/C15H13FN4OS.ClH/c16-10-5-2-1-4-9(10)13-18-11(8-22-13)12-19-14(20-21-12)15(17)6-3-7-15;/h1-2,4-5,8H,3,6-7,17H2;1H. The van der Waals surface area contributed by atoms with E-state index in [4.69, 9.17) is 10.3 Å². The lowest BCUT2D eigenvalue weighted by Crippen LogP contribution is -2.44. The smallest absolute Gasteiger partial charge is 0.277 e. The Hall–Kier alpha value is -1.83. The fraction of sp³-hybridized carbons (Fsp3) is 0.267. The van der Waals surface area contributed by atoms with Gasteiger partial charge in [0.05, 0.1) is 5.54 Å². The van der Waals surface area contributed by atoms with Gasteiger partial charge in [0.15, 0.2) is 5.82 Å². The molecule has 1 fully saturated rings. The molecule has 0 spiro atoms. The number of aromatic nitrogens is 3. The molecule has 1 saturated carbocycles. The molecule has 23 heavy (non-hydrogen) atoms. The summed E-state index contributed by atoms with van der Waals surface area (Å²) in [5.41, 5.74) is 6.72. The third-order valence-corrected chi connectivity index (χ3v) is 4.82. The van der Waals surface area contributed by atoms with Gasteiger partial charge in [-0.25, -0.2) is 9.37 Å². The predicted molar refractivity (Wildman–Crippen MR) is 87.8 cm³/mol. The molecule has 0 radical (unpaired) electrons. The fourth-order valence-corrected chi connectivity index (χ4v) is 3.26. The van der Waals surface area contributed by atoms with Crippen LogP contribution in [0.15, 0.2) is 34.2 Å². The van der Waals surface area contributed by atoms with E-state index in [-0.39, 0.29) is 18.2 Å². The Morgan fingerprint density at radius 2 is 2.00 bits per heavy atom. The van der Waals surface area contributed by atoms with Gasteiger partial charge in [0.2, 0.25) is 0 Å². The highest BCUT2D eigenvalue weighted by Crippen LogP contribution is 2.38. The summed E-state index contributed by atoms with van der Waals surface area (Å²) >= 11 is 1.34. The summed E-state index contributed by atoms with van der Waals surface area (Å²) < 4.78 is 19.1. The third kappa shape index (κ3) is 2.75. The lowest BCUT2D eigenvalue weighted by Gasteiger charge is -2.34. The van der Waals surface area contributed by atoms with E-state index < -0.39 is 5.54 Å². The lowest BCUT2D eigenvalue weighted by molar-refractivity contribution is 0.229. The molecule has 0 amide bonds. The maximum absolute atomic E-state index is 13.8. The molecule has 4 rings (SSSR count). The predicted octanol–water partition coefficient (Wildman–Crippen LogP) is 3.76. The summed E-state index contributed by atoms with van der Waals surface area (Å²) in [6.07, 6.45) is 2.81. The molecule has 1 aliphatic rings. The quantitative estimate of drug-likeness (QED) is 0.776. The average Bonchev–Trinajstić information content (AvgIpc) is 3.14. The number of halogens is 2. The second-order valence-corrected chi connectivity index (χ2v) is 6.31. The second-order valence-electron chi connectivity index (χ2n) is 5.45. The van der Waals surface area contributed by atoms with Gasteiger partial charge in [-0.05, 0) is 31.4 Å². The number of nitrogens with zero attached hydrogens (tertiary/aromatic N) is 3. The zero-order valence-corrected chi connectivity index (χ0v) is 13.7. The van der Waals surface area contributed by atoms with Crippen molar-refractivity contribution in [3.8, 4) is 22.2 Å². The first-order chi connectivity index (χ1) is 10.7. The summed E-state index contributed by atoms with van der Waals surface area (Å²) in [6.45, 7) is 0. The molecule has 0 saturated heterocycles. The Bertz CT molecular complexity index is 830. The molecule has 120 valence electrons. The van der Waals surface area contributed by atoms with Crippen LogP contribution in [-0.4, -0.2) is 15.1 Å². The normalized spacial score (nSPS) is 15.7. The van der Waals surface area contributed by atoms with Crippen molar-refractivity contribution >= 4 is 23.7 Å². The molecule has 0 atom stereocenters. The third-order valence-electron chi connectivity index (χ3n) is 3.94. The first kappa shape index (κ1) is 16.0. The van der Waals surface area contributed by atoms with E-state index in [9.17, 15) is 4.39 Å². The van der Waals surface area contributed by atoms with E-state index in [1.54, 1.807) is 23.6 Å². The minimum absolute atomic E-state index is 0. The summed E-state index contributed by atoms with van der Waals surface area (Å²) in [7, 11) is 0. The van der Waals surface area contributed by atoms with Crippen molar-refractivity contribution < 1.29 is 8.91 Å². The van der Waals surface area contributed by atoms with Crippen LogP contribution in [0.25, 0.3) is 22.2 Å². The molecule has 2 aromatic heterocycles. The van der Waals surface area contributed by atoms with Gasteiger partial charge in [-0.15, -0.1) is 23.7 Å². The van der Waals surface area contributed by atoms with Gasteiger partial charge in [0.1, 0.15) is 16.5 Å². The SMILES string of the molecule is Cl.NC1(c2noc(-c3csc(-c4ccccc4F)n3)n2)CCC1. The van der Waals surface area contributed by atoms with E-state index in [0.717, 1.165) is 19.3 Å². The van der Waals surface area contributed by atoms with E-state index in [1.165, 1.54) is 17.4 Å². The first-order valence-corrected chi connectivity index (χ1v) is 7.88. The Morgan fingerprint density at radius 1 is 1.22 bits per heavy atom. The maximum Gasteiger partial charge on any atom is 0.277 e. The number of benzene rings is 1. The Kier molecular flexibility index (Phi) is 4.18. The number of rotatable bonds is 3. The molecule has 0 bridgehead atoms. The van der Waals surface area contributed by atoms with Crippen LogP contribution >= 0.6 is 23.7 Å². The minimum Gasteiger partial charge on any atom is -0.332 e. The van der Waals surface area contributed by atoms with Crippen molar-refractivity contribution in [2.75, 3.05) is 0 Å². The highest BCUT2D eigenvalue weighted by atomic mass is 35.5.